The topological polar surface area (TPSA) is 68.0 Å². The van der Waals surface area contributed by atoms with Gasteiger partial charge in [0.2, 0.25) is 0 Å². The lowest BCUT2D eigenvalue weighted by Crippen LogP contribution is -2.15. The largest absolute Gasteiger partial charge is 0.398 e. The summed E-state index contributed by atoms with van der Waals surface area (Å²) in [4.78, 5) is 16.2. The summed E-state index contributed by atoms with van der Waals surface area (Å²) in [5.41, 5.74) is 9.22. The number of nitrogens with zero attached hydrogens (tertiary/aromatic N) is 1. The molecular weight excluding hydrogens is 226 g/mol. The Balaban J connectivity index is 2.25. The second-order valence-electron chi connectivity index (χ2n) is 4.18. The highest BCUT2D eigenvalue weighted by atomic mass is 16.1. The Hall–Kier alpha value is -2.36. The number of hydrogen-bond acceptors (Lipinski definition) is 3. The number of aryl methyl sites for hydroxylation is 2. The molecule has 92 valence electrons. The predicted molar refractivity (Wildman–Crippen MR) is 72.5 cm³/mol. The van der Waals surface area contributed by atoms with Gasteiger partial charge < -0.3 is 11.1 Å². The van der Waals surface area contributed by atoms with Gasteiger partial charge in [0.15, 0.2) is 0 Å². The van der Waals surface area contributed by atoms with E-state index in [1.165, 1.54) is 6.20 Å². The number of amides is 1. The number of pyridine rings is 1. The molecule has 0 radical (unpaired) electrons. The minimum Gasteiger partial charge on any atom is -0.398 e. The molecule has 0 saturated carbocycles. The molecule has 18 heavy (non-hydrogen) atoms. The molecule has 0 spiro atoms. The third-order valence-electron chi connectivity index (χ3n) is 2.71. The van der Waals surface area contributed by atoms with Crippen molar-refractivity contribution in [3.8, 4) is 0 Å². The first-order chi connectivity index (χ1) is 8.58. The van der Waals surface area contributed by atoms with Crippen molar-refractivity contribution in [3.05, 3.63) is 53.3 Å². The second kappa shape index (κ2) is 4.87. The standard InChI is InChI=1S/C14H15N3O/c1-9-5-3-4-6-13(9)17-14(18)11-8-16-10(2)7-12(11)15/h3-8H,1-2H3,(H2,15,16)(H,17,18). The van der Waals surface area contributed by atoms with E-state index in [2.05, 4.69) is 10.3 Å². The minimum absolute atomic E-state index is 0.241. The normalized spacial score (nSPS) is 10.1. The number of nitrogens with one attached hydrogen (secondary N) is 1. The van der Waals surface area contributed by atoms with Gasteiger partial charge in [-0.1, -0.05) is 18.2 Å². The fourth-order valence-corrected chi connectivity index (χ4v) is 1.67. The van der Waals surface area contributed by atoms with Crippen molar-refractivity contribution in [2.75, 3.05) is 11.1 Å². The lowest BCUT2D eigenvalue weighted by molar-refractivity contribution is 0.102. The monoisotopic (exact) mass is 241 g/mol. The molecule has 0 aliphatic heterocycles. The van der Waals surface area contributed by atoms with E-state index in [0.29, 0.717) is 11.3 Å². The first-order valence-electron chi connectivity index (χ1n) is 5.67. The quantitative estimate of drug-likeness (QED) is 0.849. The molecule has 1 aromatic carbocycles. The third kappa shape index (κ3) is 2.48. The maximum absolute atomic E-state index is 12.1. The van der Waals surface area contributed by atoms with Crippen molar-refractivity contribution in [3.63, 3.8) is 0 Å². The predicted octanol–water partition coefficient (Wildman–Crippen LogP) is 2.53. The Morgan fingerprint density at radius 2 is 2.00 bits per heavy atom. The average molecular weight is 241 g/mol. The van der Waals surface area contributed by atoms with Crippen LogP contribution in [0.25, 0.3) is 0 Å². The lowest BCUT2D eigenvalue weighted by atomic mass is 10.1. The maximum atomic E-state index is 12.1. The maximum Gasteiger partial charge on any atom is 0.259 e. The van der Waals surface area contributed by atoms with Crippen LogP contribution in [0.2, 0.25) is 0 Å². The average Bonchev–Trinajstić information content (AvgIpc) is 2.32. The molecule has 0 bridgehead atoms. The van der Waals surface area contributed by atoms with E-state index in [1.54, 1.807) is 6.07 Å². The molecule has 1 heterocycles. The smallest absolute Gasteiger partial charge is 0.259 e. The molecule has 0 atom stereocenters. The number of anilines is 2. The van der Waals surface area contributed by atoms with E-state index < -0.39 is 0 Å². The SMILES string of the molecule is Cc1cc(N)c(C(=O)Nc2ccccc2C)cn1. The molecular formula is C14H15N3O. The fourth-order valence-electron chi connectivity index (χ4n) is 1.67. The van der Waals surface area contributed by atoms with Crippen LogP contribution in [0.5, 0.6) is 0 Å². The summed E-state index contributed by atoms with van der Waals surface area (Å²) >= 11 is 0. The fraction of sp³-hybridized carbons (Fsp3) is 0.143. The van der Waals surface area contributed by atoms with Gasteiger partial charge in [-0.2, -0.15) is 0 Å². The lowest BCUT2D eigenvalue weighted by Gasteiger charge is -2.09. The van der Waals surface area contributed by atoms with Crippen LogP contribution in [0.1, 0.15) is 21.6 Å². The van der Waals surface area contributed by atoms with Crippen molar-refractivity contribution in [1.29, 1.82) is 0 Å². The number of para-hydroxylation sites is 1. The Morgan fingerprint density at radius 1 is 1.28 bits per heavy atom. The van der Waals surface area contributed by atoms with Crippen LogP contribution in [-0.2, 0) is 0 Å². The van der Waals surface area contributed by atoms with Crippen molar-refractivity contribution in [2.45, 2.75) is 13.8 Å². The number of hydrogen-bond donors (Lipinski definition) is 2. The number of nitrogen functional groups attached to an aromatic ring is 1. The van der Waals surface area contributed by atoms with E-state index in [4.69, 9.17) is 5.73 Å². The van der Waals surface area contributed by atoms with Gasteiger partial charge in [-0.15, -0.1) is 0 Å². The van der Waals surface area contributed by atoms with Crippen molar-refractivity contribution in [1.82, 2.24) is 4.98 Å². The molecule has 2 rings (SSSR count). The summed E-state index contributed by atoms with van der Waals surface area (Å²) in [7, 11) is 0. The molecule has 0 saturated heterocycles. The Bertz CT molecular complexity index is 593. The molecule has 3 N–H and O–H groups in total. The molecule has 4 heteroatoms. The first-order valence-corrected chi connectivity index (χ1v) is 5.67. The van der Waals surface area contributed by atoms with Crippen LogP contribution in [0.15, 0.2) is 36.5 Å². The van der Waals surface area contributed by atoms with Crippen molar-refractivity contribution < 1.29 is 4.79 Å². The van der Waals surface area contributed by atoms with E-state index >= 15 is 0 Å². The molecule has 0 unspecified atom stereocenters. The number of aromatic nitrogens is 1. The van der Waals surface area contributed by atoms with Crippen LogP contribution in [0.4, 0.5) is 11.4 Å². The third-order valence-corrected chi connectivity index (χ3v) is 2.71. The van der Waals surface area contributed by atoms with Crippen LogP contribution in [0.3, 0.4) is 0 Å². The summed E-state index contributed by atoms with van der Waals surface area (Å²) < 4.78 is 0. The van der Waals surface area contributed by atoms with Crippen LogP contribution in [0, 0.1) is 13.8 Å². The van der Waals surface area contributed by atoms with Gasteiger partial charge in [0.25, 0.3) is 5.91 Å². The molecule has 0 fully saturated rings. The van der Waals surface area contributed by atoms with Gasteiger partial charge in [-0.05, 0) is 31.5 Å². The summed E-state index contributed by atoms with van der Waals surface area (Å²) in [6.07, 6.45) is 1.50. The molecule has 0 aliphatic rings. The summed E-state index contributed by atoms with van der Waals surface area (Å²) in [5, 5.41) is 2.83. The molecule has 1 aromatic heterocycles. The first kappa shape index (κ1) is 12.1. The second-order valence-corrected chi connectivity index (χ2v) is 4.18. The molecule has 4 nitrogen and oxygen atoms in total. The molecule has 2 aromatic rings. The van der Waals surface area contributed by atoms with E-state index in [0.717, 1.165) is 16.9 Å². The number of carbonyl (C=O) groups excluding carboxylic acids is 1. The van der Waals surface area contributed by atoms with E-state index in [-0.39, 0.29) is 5.91 Å². The summed E-state index contributed by atoms with van der Waals surface area (Å²) in [6.45, 7) is 3.77. The highest BCUT2D eigenvalue weighted by molar-refractivity contribution is 6.07. The zero-order valence-corrected chi connectivity index (χ0v) is 10.4. The van der Waals surface area contributed by atoms with E-state index in [9.17, 15) is 4.79 Å². The van der Waals surface area contributed by atoms with Gasteiger partial charge in [0.1, 0.15) is 0 Å². The van der Waals surface area contributed by atoms with Gasteiger partial charge in [-0.25, -0.2) is 0 Å². The Morgan fingerprint density at radius 3 is 2.67 bits per heavy atom. The van der Waals surface area contributed by atoms with Crippen LogP contribution >= 0.6 is 0 Å². The van der Waals surface area contributed by atoms with E-state index in [1.807, 2.05) is 38.1 Å². The highest BCUT2D eigenvalue weighted by Crippen LogP contribution is 2.17. The zero-order valence-electron chi connectivity index (χ0n) is 10.4. The zero-order chi connectivity index (χ0) is 13.1. The number of carbonyl (C=O) groups is 1. The summed E-state index contributed by atoms with van der Waals surface area (Å²) in [6, 6.07) is 9.27. The van der Waals surface area contributed by atoms with Crippen molar-refractivity contribution >= 4 is 17.3 Å². The van der Waals surface area contributed by atoms with Gasteiger partial charge in [0, 0.05) is 23.3 Å². The van der Waals surface area contributed by atoms with Crippen LogP contribution in [-0.4, -0.2) is 10.9 Å². The minimum atomic E-state index is -0.241. The number of benzene rings is 1. The van der Waals surface area contributed by atoms with Crippen LogP contribution < -0.4 is 11.1 Å². The number of rotatable bonds is 2. The van der Waals surface area contributed by atoms with Gasteiger partial charge in [-0.3, -0.25) is 9.78 Å². The molecule has 0 aliphatic carbocycles. The highest BCUT2D eigenvalue weighted by Gasteiger charge is 2.11. The molecule has 1 amide bonds. The van der Waals surface area contributed by atoms with Gasteiger partial charge in [0.05, 0.1) is 5.56 Å². The Labute approximate surface area is 106 Å². The van der Waals surface area contributed by atoms with Gasteiger partial charge >= 0.3 is 0 Å². The van der Waals surface area contributed by atoms with Crippen molar-refractivity contribution in [2.24, 2.45) is 0 Å². The summed E-state index contributed by atoms with van der Waals surface area (Å²) in [5.74, 6) is -0.241. The number of nitrogens with two attached hydrogens (primary N) is 1. The Kier molecular flexibility index (Phi) is 3.28.